The minimum Gasteiger partial charge on any atom is -0.390 e. The third kappa shape index (κ3) is 3.62. The van der Waals surface area contributed by atoms with Gasteiger partial charge in [-0.15, -0.1) is 0 Å². The van der Waals surface area contributed by atoms with Crippen LogP contribution in [0.1, 0.15) is 27.4 Å². The first-order valence-corrected chi connectivity index (χ1v) is 9.02. The molecule has 0 aliphatic rings. The molecule has 26 heavy (non-hydrogen) atoms. The van der Waals surface area contributed by atoms with Crippen molar-refractivity contribution >= 4 is 21.7 Å². The van der Waals surface area contributed by atoms with Crippen LogP contribution in [0.4, 0.5) is 0 Å². The molecular formula is C20H20BrN3O2. The van der Waals surface area contributed by atoms with Crippen molar-refractivity contribution in [3.63, 3.8) is 0 Å². The van der Waals surface area contributed by atoms with Gasteiger partial charge in [-0.3, -0.25) is 9.36 Å². The summed E-state index contributed by atoms with van der Waals surface area (Å²) < 4.78 is 2.57. The number of benzene rings is 2. The van der Waals surface area contributed by atoms with Crippen LogP contribution in [0, 0.1) is 0 Å². The molecule has 1 N–H and O–H groups in total. The second-order valence-electron chi connectivity index (χ2n) is 6.23. The predicted molar refractivity (Wildman–Crippen MR) is 104 cm³/mol. The Kier molecular flexibility index (Phi) is 5.66. The summed E-state index contributed by atoms with van der Waals surface area (Å²) in [4.78, 5) is 19.6. The average Bonchev–Trinajstić information content (AvgIpc) is 3.03. The monoisotopic (exact) mass is 413 g/mol. The summed E-state index contributed by atoms with van der Waals surface area (Å²) in [7, 11) is 3.91. The highest BCUT2D eigenvalue weighted by Crippen LogP contribution is 2.29. The van der Waals surface area contributed by atoms with Crippen molar-refractivity contribution in [3.05, 3.63) is 81.8 Å². The predicted octanol–water partition coefficient (Wildman–Crippen LogP) is 3.42. The van der Waals surface area contributed by atoms with Crippen LogP contribution in [-0.4, -0.2) is 39.4 Å². The van der Waals surface area contributed by atoms with Crippen LogP contribution < -0.4 is 0 Å². The van der Waals surface area contributed by atoms with E-state index in [1.165, 1.54) is 0 Å². The first-order chi connectivity index (χ1) is 12.5. The number of carbonyl (C=O) groups excluding carboxylic acids is 1. The summed E-state index contributed by atoms with van der Waals surface area (Å²) in [6, 6.07) is 14.8. The molecule has 0 fully saturated rings. The molecule has 0 bridgehead atoms. The fraction of sp³-hybridized carbons (Fsp3) is 0.200. The minimum atomic E-state index is -0.161. The first kappa shape index (κ1) is 18.5. The highest BCUT2D eigenvalue weighted by Gasteiger charge is 2.21. The molecular weight excluding hydrogens is 394 g/mol. The van der Waals surface area contributed by atoms with Crippen LogP contribution in [0.15, 0.2) is 59.2 Å². The van der Waals surface area contributed by atoms with Crippen LogP contribution >= 0.6 is 15.9 Å². The normalized spacial score (nSPS) is 11.1. The van der Waals surface area contributed by atoms with Gasteiger partial charge < -0.3 is 10.0 Å². The Hall–Kier alpha value is -2.28. The molecule has 6 heteroatoms. The topological polar surface area (TPSA) is 58.4 Å². The minimum absolute atomic E-state index is 0.0820. The smallest absolute Gasteiger partial charge is 0.196 e. The highest BCUT2D eigenvalue weighted by molar-refractivity contribution is 9.10. The third-order valence-electron chi connectivity index (χ3n) is 4.02. The zero-order valence-corrected chi connectivity index (χ0v) is 16.3. The van der Waals surface area contributed by atoms with Crippen molar-refractivity contribution in [3.8, 4) is 5.69 Å². The molecule has 3 aromatic rings. The Labute approximate surface area is 161 Å². The first-order valence-electron chi connectivity index (χ1n) is 8.22. The number of nitrogens with zero attached hydrogens (tertiary/aromatic N) is 3. The maximum Gasteiger partial charge on any atom is 0.196 e. The lowest BCUT2D eigenvalue weighted by Crippen LogP contribution is -2.18. The standard InChI is InChI=1S/C20H20BrN3O2/c1-23(2)12-18-22-11-15(13-25)24(18)17-10-6-9-16(21)19(17)20(26)14-7-4-3-5-8-14/h3-11,25H,12-13H2,1-2H3. The summed E-state index contributed by atoms with van der Waals surface area (Å²) >= 11 is 3.53. The maximum absolute atomic E-state index is 13.2. The summed E-state index contributed by atoms with van der Waals surface area (Å²) in [6.07, 6.45) is 1.65. The Morgan fingerprint density at radius 3 is 2.54 bits per heavy atom. The van der Waals surface area contributed by atoms with E-state index in [0.717, 1.165) is 5.82 Å². The molecule has 1 aromatic heterocycles. The average molecular weight is 414 g/mol. The lowest BCUT2D eigenvalue weighted by Gasteiger charge is -2.18. The molecule has 0 saturated carbocycles. The Bertz CT molecular complexity index is 920. The van der Waals surface area contributed by atoms with E-state index in [2.05, 4.69) is 20.9 Å². The maximum atomic E-state index is 13.2. The Morgan fingerprint density at radius 2 is 1.88 bits per heavy atom. The second-order valence-corrected chi connectivity index (χ2v) is 7.08. The Balaban J connectivity index is 2.20. The summed E-state index contributed by atoms with van der Waals surface area (Å²) in [5.74, 6) is 0.681. The van der Waals surface area contributed by atoms with Crippen molar-refractivity contribution in [1.29, 1.82) is 0 Å². The van der Waals surface area contributed by atoms with Gasteiger partial charge in [-0.05, 0) is 42.2 Å². The van der Waals surface area contributed by atoms with Crippen molar-refractivity contribution in [1.82, 2.24) is 14.5 Å². The largest absolute Gasteiger partial charge is 0.390 e. The number of ketones is 1. The van der Waals surface area contributed by atoms with E-state index in [1.807, 2.05) is 60.0 Å². The number of aliphatic hydroxyl groups excluding tert-OH is 1. The van der Waals surface area contributed by atoms with Gasteiger partial charge in [0.2, 0.25) is 0 Å². The number of hydrogen-bond donors (Lipinski definition) is 1. The van der Waals surface area contributed by atoms with Gasteiger partial charge in [-0.25, -0.2) is 4.98 Å². The zero-order valence-electron chi connectivity index (χ0n) is 14.7. The van der Waals surface area contributed by atoms with E-state index in [9.17, 15) is 9.90 Å². The number of imidazole rings is 1. The molecule has 0 saturated heterocycles. The molecule has 0 radical (unpaired) electrons. The quantitative estimate of drug-likeness (QED) is 0.628. The number of hydrogen-bond acceptors (Lipinski definition) is 4. The van der Waals surface area contributed by atoms with Gasteiger partial charge in [-0.2, -0.15) is 0 Å². The number of carbonyl (C=O) groups is 1. The summed E-state index contributed by atoms with van der Waals surface area (Å²) in [5, 5.41) is 9.77. The lowest BCUT2D eigenvalue weighted by molar-refractivity contribution is 0.103. The Morgan fingerprint density at radius 1 is 1.15 bits per heavy atom. The number of rotatable bonds is 6. The SMILES string of the molecule is CN(C)Cc1ncc(CO)n1-c1cccc(Br)c1C(=O)c1ccccc1. The van der Waals surface area contributed by atoms with Gasteiger partial charge in [0.1, 0.15) is 5.82 Å². The van der Waals surface area contributed by atoms with Gasteiger partial charge >= 0.3 is 0 Å². The molecule has 1 heterocycles. The van der Waals surface area contributed by atoms with Crippen LogP contribution in [0.3, 0.4) is 0 Å². The number of halogens is 1. The van der Waals surface area contributed by atoms with Gasteiger partial charge in [0, 0.05) is 10.0 Å². The molecule has 0 spiro atoms. The summed E-state index contributed by atoms with van der Waals surface area (Å²) in [6.45, 7) is 0.428. The van der Waals surface area contributed by atoms with E-state index in [4.69, 9.17) is 0 Å². The summed E-state index contributed by atoms with van der Waals surface area (Å²) in [5.41, 5.74) is 2.50. The van der Waals surface area contributed by atoms with E-state index in [-0.39, 0.29) is 12.4 Å². The van der Waals surface area contributed by atoms with E-state index in [0.29, 0.717) is 33.5 Å². The van der Waals surface area contributed by atoms with Gasteiger partial charge in [0.25, 0.3) is 0 Å². The lowest BCUT2D eigenvalue weighted by atomic mass is 10.0. The van der Waals surface area contributed by atoms with Crippen LogP contribution in [-0.2, 0) is 13.2 Å². The van der Waals surface area contributed by atoms with Gasteiger partial charge in [0.05, 0.1) is 36.3 Å². The van der Waals surface area contributed by atoms with Gasteiger partial charge in [-0.1, -0.05) is 36.4 Å². The van der Waals surface area contributed by atoms with E-state index >= 15 is 0 Å². The molecule has 134 valence electrons. The number of aromatic nitrogens is 2. The molecule has 0 amide bonds. The molecule has 0 atom stereocenters. The fourth-order valence-electron chi connectivity index (χ4n) is 2.89. The van der Waals surface area contributed by atoms with E-state index < -0.39 is 0 Å². The fourth-order valence-corrected chi connectivity index (χ4v) is 3.42. The van der Waals surface area contributed by atoms with Crippen molar-refractivity contribution in [2.75, 3.05) is 14.1 Å². The second kappa shape index (κ2) is 7.95. The zero-order chi connectivity index (χ0) is 18.7. The van der Waals surface area contributed by atoms with Crippen LogP contribution in [0.2, 0.25) is 0 Å². The third-order valence-corrected chi connectivity index (χ3v) is 4.68. The van der Waals surface area contributed by atoms with Crippen LogP contribution in [0.25, 0.3) is 5.69 Å². The number of aliphatic hydroxyl groups is 1. The molecule has 0 aliphatic carbocycles. The molecule has 3 rings (SSSR count). The van der Waals surface area contributed by atoms with Crippen LogP contribution in [0.5, 0.6) is 0 Å². The molecule has 5 nitrogen and oxygen atoms in total. The molecule has 0 aliphatic heterocycles. The highest BCUT2D eigenvalue weighted by atomic mass is 79.9. The van der Waals surface area contributed by atoms with Crippen molar-refractivity contribution in [2.24, 2.45) is 0 Å². The van der Waals surface area contributed by atoms with E-state index in [1.54, 1.807) is 18.3 Å². The molecule has 0 unspecified atom stereocenters. The van der Waals surface area contributed by atoms with Crippen molar-refractivity contribution in [2.45, 2.75) is 13.2 Å². The van der Waals surface area contributed by atoms with Gasteiger partial charge in [0.15, 0.2) is 5.78 Å². The van der Waals surface area contributed by atoms with Crippen molar-refractivity contribution < 1.29 is 9.90 Å². The molecule has 2 aromatic carbocycles.